The molecule has 4 heteroatoms. The van der Waals surface area contributed by atoms with Crippen LogP contribution in [0.5, 0.6) is 5.75 Å². The average molecular weight is 334 g/mol. The van der Waals surface area contributed by atoms with Gasteiger partial charge in [-0.2, -0.15) is 0 Å². The maximum Gasteiger partial charge on any atom is 0.251 e. The number of para-hydroxylation sites is 1. The van der Waals surface area contributed by atoms with E-state index in [1.165, 1.54) is 16.5 Å². The topological polar surface area (TPSA) is 43.3 Å². The molecule has 2 aromatic carbocycles. The van der Waals surface area contributed by atoms with Crippen molar-refractivity contribution in [3.05, 3.63) is 65.9 Å². The third-order valence-electron chi connectivity index (χ3n) is 5.24. The van der Waals surface area contributed by atoms with Crippen LogP contribution in [0.1, 0.15) is 28.8 Å². The second kappa shape index (κ2) is 5.96. The Labute approximate surface area is 147 Å². The lowest BCUT2D eigenvalue weighted by Gasteiger charge is -2.16. The van der Waals surface area contributed by atoms with Crippen LogP contribution in [0.2, 0.25) is 0 Å². The Hall–Kier alpha value is -2.75. The minimum absolute atomic E-state index is 0.0505. The van der Waals surface area contributed by atoms with Crippen LogP contribution in [0.15, 0.2) is 54.7 Å². The van der Waals surface area contributed by atoms with Gasteiger partial charge in [0.15, 0.2) is 0 Å². The zero-order valence-corrected chi connectivity index (χ0v) is 14.6. The van der Waals surface area contributed by atoms with Gasteiger partial charge in [-0.1, -0.05) is 24.3 Å². The molecule has 1 N–H and O–H groups in total. The molecule has 4 nitrogen and oxygen atoms in total. The summed E-state index contributed by atoms with van der Waals surface area (Å²) in [7, 11) is 3.69. The van der Waals surface area contributed by atoms with Gasteiger partial charge in [-0.05, 0) is 42.7 Å². The Morgan fingerprint density at radius 3 is 2.76 bits per heavy atom. The second-order valence-corrected chi connectivity index (χ2v) is 6.87. The van der Waals surface area contributed by atoms with E-state index < -0.39 is 0 Å². The van der Waals surface area contributed by atoms with Crippen LogP contribution < -0.4 is 10.1 Å². The number of carbonyl (C=O) groups is 1. The number of aromatic nitrogens is 1. The zero-order valence-electron chi connectivity index (χ0n) is 14.6. The molecule has 0 unspecified atom stereocenters. The van der Waals surface area contributed by atoms with Crippen molar-refractivity contribution in [2.75, 3.05) is 13.7 Å². The van der Waals surface area contributed by atoms with E-state index in [2.05, 4.69) is 47.4 Å². The summed E-state index contributed by atoms with van der Waals surface area (Å²) in [5.74, 6) is 0.647. The Balaban J connectivity index is 1.55. The molecule has 4 rings (SSSR count). The predicted molar refractivity (Wildman–Crippen MR) is 99.2 cm³/mol. The first kappa shape index (κ1) is 15.8. The normalized spacial score (nSPS) is 15.1. The van der Waals surface area contributed by atoms with E-state index in [1.54, 1.807) is 13.2 Å². The summed E-state index contributed by atoms with van der Waals surface area (Å²) in [6.07, 6.45) is 4.44. The van der Waals surface area contributed by atoms with Crippen molar-refractivity contribution in [3.8, 4) is 5.75 Å². The van der Waals surface area contributed by atoms with Gasteiger partial charge in [-0.3, -0.25) is 4.79 Å². The minimum Gasteiger partial charge on any atom is -0.497 e. The quantitative estimate of drug-likeness (QED) is 0.774. The Bertz CT molecular complexity index is 938. The molecule has 25 heavy (non-hydrogen) atoms. The minimum atomic E-state index is -0.0505. The van der Waals surface area contributed by atoms with Gasteiger partial charge in [0.1, 0.15) is 5.75 Å². The number of nitrogens with one attached hydrogen (secondary N) is 1. The number of fused-ring (bicyclic) bond motifs is 1. The Kier molecular flexibility index (Phi) is 3.75. The number of hydrogen-bond donors (Lipinski definition) is 1. The molecule has 3 aromatic rings. The first-order valence-electron chi connectivity index (χ1n) is 8.60. The highest BCUT2D eigenvalue weighted by atomic mass is 16.5. The van der Waals surface area contributed by atoms with E-state index in [0.717, 1.165) is 12.8 Å². The van der Waals surface area contributed by atoms with Crippen LogP contribution in [0.3, 0.4) is 0 Å². The van der Waals surface area contributed by atoms with Gasteiger partial charge in [-0.15, -0.1) is 0 Å². The molecular formula is C21H22N2O2. The molecular weight excluding hydrogens is 312 g/mol. The maximum absolute atomic E-state index is 12.5. The maximum atomic E-state index is 12.5. The van der Waals surface area contributed by atoms with Crippen molar-refractivity contribution in [3.63, 3.8) is 0 Å². The van der Waals surface area contributed by atoms with Crippen molar-refractivity contribution < 1.29 is 9.53 Å². The lowest BCUT2D eigenvalue weighted by Crippen LogP contribution is -2.32. The van der Waals surface area contributed by atoms with Crippen molar-refractivity contribution in [1.29, 1.82) is 0 Å². The monoisotopic (exact) mass is 334 g/mol. The summed E-state index contributed by atoms with van der Waals surface area (Å²) in [6.45, 7) is 0.664. The van der Waals surface area contributed by atoms with Crippen LogP contribution in [-0.4, -0.2) is 24.1 Å². The fourth-order valence-corrected chi connectivity index (χ4v) is 3.57. The molecule has 1 aromatic heterocycles. The number of hydrogen-bond acceptors (Lipinski definition) is 2. The van der Waals surface area contributed by atoms with Crippen LogP contribution in [0, 0.1) is 0 Å². The summed E-state index contributed by atoms with van der Waals surface area (Å²) in [5, 5.41) is 4.41. The third-order valence-corrected chi connectivity index (χ3v) is 5.24. The number of carbonyl (C=O) groups excluding carboxylic acids is 1. The highest BCUT2D eigenvalue weighted by molar-refractivity contribution is 5.94. The number of nitrogens with zero attached hydrogens (tertiary/aromatic N) is 1. The van der Waals surface area contributed by atoms with Gasteiger partial charge in [-0.25, -0.2) is 0 Å². The standard InChI is InChI=1S/C21H22N2O2/c1-23-13-18(17-8-3-4-9-19(17)23)21(10-11-21)14-22-20(24)15-6-5-7-16(12-15)25-2/h3-9,12-13H,10-11,14H2,1-2H3,(H,22,24). The number of rotatable bonds is 5. The first-order chi connectivity index (χ1) is 12.1. The van der Waals surface area contributed by atoms with E-state index in [4.69, 9.17) is 4.74 Å². The molecule has 128 valence electrons. The van der Waals surface area contributed by atoms with Crippen molar-refractivity contribution in [2.24, 2.45) is 7.05 Å². The molecule has 1 saturated carbocycles. The third kappa shape index (κ3) is 2.78. The fraction of sp³-hybridized carbons (Fsp3) is 0.286. The second-order valence-electron chi connectivity index (χ2n) is 6.87. The molecule has 0 radical (unpaired) electrons. The SMILES string of the molecule is COc1cccc(C(=O)NCC2(c3cn(C)c4ccccc34)CC2)c1. The summed E-state index contributed by atoms with van der Waals surface area (Å²) in [4.78, 5) is 12.5. The van der Waals surface area contributed by atoms with E-state index in [0.29, 0.717) is 17.9 Å². The molecule has 0 spiro atoms. The van der Waals surface area contributed by atoms with Gasteiger partial charge in [0.2, 0.25) is 0 Å². The largest absolute Gasteiger partial charge is 0.497 e. The van der Waals surface area contributed by atoms with E-state index >= 15 is 0 Å². The predicted octanol–water partition coefficient (Wildman–Crippen LogP) is 3.65. The number of aryl methyl sites for hydroxylation is 1. The van der Waals surface area contributed by atoms with Crippen LogP contribution in [-0.2, 0) is 12.5 Å². The van der Waals surface area contributed by atoms with Gasteiger partial charge in [0.05, 0.1) is 7.11 Å². The van der Waals surface area contributed by atoms with Crippen LogP contribution >= 0.6 is 0 Å². The summed E-state index contributed by atoms with van der Waals surface area (Å²) in [6, 6.07) is 15.7. The summed E-state index contributed by atoms with van der Waals surface area (Å²) in [5.41, 5.74) is 3.28. The zero-order chi connectivity index (χ0) is 17.4. The van der Waals surface area contributed by atoms with E-state index in [1.807, 2.05) is 18.2 Å². The highest BCUT2D eigenvalue weighted by Gasteiger charge is 2.46. The van der Waals surface area contributed by atoms with Gasteiger partial charge >= 0.3 is 0 Å². The number of ether oxygens (including phenoxy) is 1. The first-order valence-corrected chi connectivity index (χ1v) is 8.60. The van der Waals surface area contributed by atoms with Gasteiger partial charge in [0, 0.05) is 41.7 Å². The molecule has 0 aliphatic heterocycles. The van der Waals surface area contributed by atoms with E-state index in [-0.39, 0.29) is 11.3 Å². The van der Waals surface area contributed by atoms with Gasteiger partial charge in [0.25, 0.3) is 5.91 Å². The number of methoxy groups -OCH3 is 1. The molecule has 0 atom stereocenters. The van der Waals surface area contributed by atoms with Crippen molar-refractivity contribution in [2.45, 2.75) is 18.3 Å². The molecule has 1 aliphatic carbocycles. The molecule has 0 bridgehead atoms. The van der Waals surface area contributed by atoms with Crippen LogP contribution in [0.4, 0.5) is 0 Å². The summed E-state index contributed by atoms with van der Waals surface area (Å²) < 4.78 is 7.38. The number of benzene rings is 2. The van der Waals surface area contributed by atoms with Gasteiger partial charge < -0.3 is 14.6 Å². The van der Waals surface area contributed by atoms with Crippen molar-refractivity contribution in [1.82, 2.24) is 9.88 Å². The molecule has 0 saturated heterocycles. The molecule has 1 amide bonds. The van der Waals surface area contributed by atoms with E-state index in [9.17, 15) is 4.79 Å². The molecule has 1 aliphatic rings. The Morgan fingerprint density at radius 1 is 1.20 bits per heavy atom. The average Bonchev–Trinajstić information content (AvgIpc) is 3.37. The van der Waals surface area contributed by atoms with Crippen LogP contribution in [0.25, 0.3) is 10.9 Å². The Morgan fingerprint density at radius 2 is 2.00 bits per heavy atom. The lowest BCUT2D eigenvalue weighted by molar-refractivity contribution is 0.0949. The van der Waals surface area contributed by atoms with Crippen molar-refractivity contribution >= 4 is 16.8 Å². The smallest absolute Gasteiger partial charge is 0.251 e. The molecule has 1 heterocycles. The lowest BCUT2D eigenvalue weighted by atomic mass is 9.95. The fourth-order valence-electron chi connectivity index (χ4n) is 3.57. The number of amides is 1. The molecule has 1 fully saturated rings. The summed E-state index contributed by atoms with van der Waals surface area (Å²) >= 11 is 0. The highest BCUT2D eigenvalue weighted by Crippen LogP contribution is 2.50.